The number of carbonyl (C=O) groups is 1. The van der Waals surface area contributed by atoms with Crippen LogP contribution in [0.15, 0.2) is 0 Å². The Kier molecular flexibility index (Phi) is 3.93. The Hall–Kier alpha value is -0.650. The Labute approximate surface area is 96.4 Å². The van der Waals surface area contributed by atoms with Gasteiger partial charge in [0.15, 0.2) is 6.35 Å². The molecule has 0 amide bonds. The van der Waals surface area contributed by atoms with E-state index in [-0.39, 0.29) is 6.04 Å². The summed E-state index contributed by atoms with van der Waals surface area (Å²) in [5.41, 5.74) is -0.705. The molecule has 16 heavy (non-hydrogen) atoms. The first-order chi connectivity index (χ1) is 7.26. The summed E-state index contributed by atoms with van der Waals surface area (Å²) in [6.07, 6.45) is -0.746. The van der Waals surface area contributed by atoms with Gasteiger partial charge in [0.25, 0.3) is 0 Å². The third-order valence-corrected chi connectivity index (χ3v) is 3.38. The zero-order valence-corrected chi connectivity index (χ0v) is 10.4. The zero-order chi connectivity index (χ0) is 12.5. The monoisotopic (exact) mass is 230 g/mol. The standard InChI is InChI=1S/C11H22N2O3/c1-7(2)8(3)12-10(16)13-5-11(4,6-13)9(14)15/h7-8,10,12,16H,5-6H2,1-4H3,(H,14,15)/t8-,10?/m1/s1. The molecule has 0 aromatic heterocycles. The molecular formula is C11H22N2O3. The van der Waals surface area contributed by atoms with Crippen molar-refractivity contribution in [3.8, 4) is 0 Å². The fourth-order valence-corrected chi connectivity index (χ4v) is 1.69. The largest absolute Gasteiger partial charge is 0.481 e. The number of carboxylic acids is 1. The van der Waals surface area contributed by atoms with Gasteiger partial charge < -0.3 is 10.2 Å². The number of hydrogen-bond acceptors (Lipinski definition) is 4. The number of aliphatic hydroxyl groups excluding tert-OH is 1. The Morgan fingerprint density at radius 2 is 1.88 bits per heavy atom. The van der Waals surface area contributed by atoms with E-state index < -0.39 is 17.7 Å². The molecule has 1 saturated heterocycles. The molecule has 1 rings (SSSR count). The lowest BCUT2D eigenvalue weighted by molar-refractivity contribution is -0.173. The normalized spacial score (nSPS) is 23.9. The molecule has 3 N–H and O–H groups in total. The smallest absolute Gasteiger partial charge is 0.311 e. The van der Waals surface area contributed by atoms with Crippen LogP contribution in [0, 0.1) is 11.3 Å². The van der Waals surface area contributed by atoms with E-state index in [0.29, 0.717) is 19.0 Å². The van der Waals surface area contributed by atoms with E-state index >= 15 is 0 Å². The van der Waals surface area contributed by atoms with Crippen molar-refractivity contribution >= 4 is 5.97 Å². The molecule has 0 aliphatic carbocycles. The highest BCUT2D eigenvalue weighted by Gasteiger charge is 2.47. The molecule has 1 aliphatic heterocycles. The SMILES string of the molecule is CC(C)[C@@H](C)NC(O)N1CC(C)(C(=O)O)C1. The van der Waals surface area contributed by atoms with E-state index in [1.807, 2.05) is 6.92 Å². The molecule has 0 aromatic carbocycles. The minimum absolute atomic E-state index is 0.201. The molecule has 0 aromatic rings. The molecule has 1 fully saturated rings. The van der Waals surface area contributed by atoms with Crippen LogP contribution in [0.2, 0.25) is 0 Å². The molecule has 1 aliphatic rings. The molecule has 0 spiro atoms. The summed E-state index contributed by atoms with van der Waals surface area (Å²) in [5, 5.41) is 21.8. The summed E-state index contributed by atoms with van der Waals surface area (Å²) in [7, 11) is 0. The number of nitrogens with zero attached hydrogens (tertiary/aromatic N) is 1. The summed E-state index contributed by atoms with van der Waals surface area (Å²) in [6.45, 7) is 8.63. The predicted molar refractivity (Wildman–Crippen MR) is 60.8 cm³/mol. The molecular weight excluding hydrogens is 208 g/mol. The maximum Gasteiger partial charge on any atom is 0.311 e. The highest BCUT2D eigenvalue weighted by molar-refractivity contribution is 5.76. The van der Waals surface area contributed by atoms with Crippen LogP contribution in [-0.2, 0) is 4.79 Å². The van der Waals surface area contributed by atoms with Crippen molar-refractivity contribution in [3.63, 3.8) is 0 Å². The maximum atomic E-state index is 10.9. The molecule has 0 saturated carbocycles. The van der Waals surface area contributed by atoms with Crippen molar-refractivity contribution in [3.05, 3.63) is 0 Å². The average molecular weight is 230 g/mol. The van der Waals surface area contributed by atoms with E-state index in [9.17, 15) is 9.90 Å². The number of carboxylic acid groups (broad SMARTS) is 1. The van der Waals surface area contributed by atoms with Gasteiger partial charge in [0.05, 0.1) is 5.41 Å². The second kappa shape index (κ2) is 4.69. The Morgan fingerprint density at radius 3 is 2.25 bits per heavy atom. The fourth-order valence-electron chi connectivity index (χ4n) is 1.69. The molecule has 0 radical (unpaired) electrons. The van der Waals surface area contributed by atoms with Gasteiger partial charge in [0.1, 0.15) is 0 Å². The van der Waals surface area contributed by atoms with Crippen molar-refractivity contribution in [1.82, 2.24) is 10.2 Å². The quantitative estimate of drug-likeness (QED) is 0.593. The first kappa shape index (κ1) is 13.4. The van der Waals surface area contributed by atoms with Gasteiger partial charge in [-0.05, 0) is 19.8 Å². The van der Waals surface area contributed by atoms with Crippen LogP contribution in [-0.4, -0.2) is 46.6 Å². The third-order valence-electron chi connectivity index (χ3n) is 3.38. The van der Waals surface area contributed by atoms with Crippen LogP contribution in [0.5, 0.6) is 0 Å². The van der Waals surface area contributed by atoms with Gasteiger partial charge in [-0.3, -0.25) is 15.0 Å². The zero-order valence-electron chi connectivity index (χ0n) is 10.4. The van der Waals surface area contributed by atoms with Gasteiger partial charge in [-0.25, -0.2) is 0 Å². The number of nitrogens with one attached hydrogen (secondary N) is 1. The van der Waals surface area contributed by atoms with Crippen molar-refractivity contribution < 1.29 is 15.0 Å². The van der Waals surface area contributed by atoms with Gasteiger partial charge >= 0.3 is 5.97 Å². The average Bonchev–Trinajstić information content (AvgIpc) is 2.11. The van der Waals surface area contributed by atoms with E-state index in [4.69, 9.17) is 5.11 Å². The number of rotatable bonds is 5. The highest BCUT2D eigenvalue weighted by atomic mass is 16.4. The van der Waals surface area contributed by atoms with Crippen LogP contribution in [0.25, 0.3) is 0 Å². The predicted octanol–water partition coefficient (Wildman–Crippen LogP) is 0.303. The molecule has 5 heteroatoms. The van der Waals surface area contributed by atoms with Crippen molar-refractivity contribution in [1.29, 1.82) is 0 Å². The fraction of sp³-hybridized carbons (Fsp3) is 0.909. The van der Waals surface area contributed by atoms with Crippen LogP contribution in [0.4, 0.5) is 0 Å². The molecule has 5 nitrogen and oxygen atoms in total. The highest BCUT2D eigenvalue weighted by Crippen LogP contribution is 2.30. The lowest BCUT2D eigenvalue weighted by atomic mass is 9.82. The number of hydrogen-bond donors (Lipinski definition) is 3. The Morgan fingerprint density at radius 1 is 1.38 bits per heavy atom. The van der Waals surface area contributed by atoms with Gasteiger partial charge in [0, 0.05) is 19.1 Å². The third kappa shape index (κ3) is 2.72. The van der Waals surface area contributed by atoms with Crippen LogP contribution in [0.3, 0.4) is 0 Å². The topological polar surface area (TPSA) is 72.8 Å². The van der Waals surface area contributed by atoms with E-state index in [2.05, 4.69) is 19.2 Å². The second-order valence-electron chi connectivity index (χ2n) is 5.34. The summed E-state index contributed by atoms with van der Waals surface area (Å²) >= 11 is 0. The summed E-state index contributed by atoms with van der Waals surface area (Å²) in [5.74, 6) is -0.366. The number of aliphatic carboxylic acids is 1. The second-order valence-corrected chi connectivity index (χ2v) is 5.34. The molecule has 1 heterocycles. The number of likely N-dealkylation sites (tertiary alicyclic amines) is 1. The van der Waals surface area contributed by atoms with Crippen molar-refractivity contribution in [2.24, 2.45) is 11.3 Å². The number of aliphatic hydroxyl groups is 1. The van der Waals surface area contributed by atoms with E-state index in [1.54, 1.807) is 11.8 Å². The summed E-state index contributed by atoms with van der Waals surface area (Å²) in [4.78, 5) is 12.6. The van der Waals surface area contributed by atoms with Crippen molar-refractivity contribution in [2.75, 3.05) is 13.1 Å². The van der Waals surface area contributed by atoms with Gasteiger partial charge in [-0.2, -0.15) is 0 Å². The molecule has 0 bridgehead atoms. The van der Waals surface area contributed by atoms with Gasteiger partial charge in [0.2, 0.25) is 0 Å². The Balaban J connectivity index is 2.37. The minimum atomic E-state index is -0.798. The lowest BCUT2D eigenvalue weighted by Crippen LogP contribution is -2.65. The van der Waals surface area contributed by atoms with Gasteiger partial charge in [-0.15, -0.1) is 0 Å². The van der Waals surface area contributed by atoms with E-state index in [1.165, 1.54) is 0 Å². The first-order valence-corrected chi connectivity index (χ1v) is 5.68. The van der Waals surface area contributed by atoms with Crippen LogP contribution >= 0.6 is 0 Å². The summed E-state index contributed by atoms with van der Waals surface area (Å²) < 4.78 is 0. The molecule has 1 unspecified atom stereocenters. The van der Waals surface area contributed by atoms with Crippen LogP contribution in [0.1, 0.15) is 27.7 Å². The minimum Gasteiger partial charge on any atom is -0.481 e. The summed E-state index contributed by atoms with van der Waals surface area (Å²) in [6, 6.07) is 0.201. The van der Waals surface area contributed by atoms with Gasteiger partial charge in [-0.1, -0.05) is 13.8 Å². The van der Waals surface area contributed by atoms with Crippen molar-refractivity contribution in [2.45, 2.75) is 40.1 Å². The van der Waals surface area contributed by atoms with Crippen LogP contribution < -0.4 is 5.32 Å². The Bertz CT molecular complexity index is 262. The molecule has 2 atom stereocenters. The molecule has 94 valence electrons. The maximum absolute atomic E-state index is 10.9. The first-order valence-electron chi connectivity index (χ1n) is 5.68. The lowest BCUT2D eigenvalue weighted by Gasteiger charge is -2.47. The van der Waals surface area contributed by atoms with E-state index in [0.717, 1.165) is 0 Å².